The van der Waals surface area contributed by atoms with Crippen LogP contribution in [0.2, 0.25) is 0 Å². The van der Waals surface area contributed by atoms with E-state index in [2.05, 4.69) is 6.92 Å². The van der Waals surface area contributed by atoms with Crippen LogP contribution in [0.25, 0.3) is 0 Å². The van der Waals surface area contributed by atoms with Crippen molar-refractivity contribution in [1.82, 2.24) is 9.80 Å². The molecular formula is C10H16F2N2O. The zero-order valence-electron chi connectivity index (χ0n) is 8.83. The van der Waals surface area contributed by atoms with Crippen LogP contribution in [-0.4, -0.2) is 54.4 Å². The number of nitrogens with zero attached hydrogens (tertiary/aromatic N) is 2. The fraction of sp³-hybridized carbons (Fsp3) is 0.900. The van der Waals surface area contributed by atoms with E-state index in [9.17, 15) is 13.6 Å². The Morgan fingerprint density at radius 1 is 1.13 bits per heavy atom. The van der Waals surface area contributed by atoms with Gasteiger partial charge < -0.3 is 9.80 Å². The van der Waals surface area contributed by atoms with E-state index in [0.29, 0.717) is 19.0 Å². The molecule has 3 unspecified atom stereocenters. The maximum absolute atomic E-state index is 12.9. The Hall–Kier alpha value is -0.870. The average Bonchev–Trinajstić information content (AvgIpc) is 2.74. The molecule has 2 heterocycles. The van der Waals surface area contributed by atoms with Gasteiger partial charge in [0.15, 0.2) is 12.3 Å². The third-order valence-electron chi connectivity index (χ3n) is 3.15. The van der Waals surface area contributed by atoms with Gasteiger partial charge in [-0.1, -0.05) is 6.92 Å². The van der Waals surface area contributed by atoms with E-state index < -0.39 is 12.3 Å². The standard InChI is InChI=1S/C10H16F2N2O/c1-7-2-3-13(4-7)10(15)14-5-8(11)9(12)6-14/h7-9H,2-6H2,1H3. The zero-order valence-corrected chi connectivity index (χ0v) is 8.83. The lowest BCUT2D eigenvalue weighted by atomic mass is 10.2. The molecule has 2 aliphatic heterocycles. The van der Waals surface area contributed by atoms with Gasteiger partial charge in [-0.15, -0.1) is 0 Å². The maximum Gasteiger partial charge on any atom is 0.320 e. The molecule has 2 rings (SSSR count). The Balaban J connectivity index is 1.92. The number of carbonyl (C=O) groups excluding carboxylic acids is 1. The second kappa shape index (κ2) is 3.94. The lowest BCUT2D eigenvalue weighted by molar-refractivity contribution is 0.167. The highest BCUT2D eigenvalue weighted by atomic mass is 19.2. The molecule has 2 aliphatic rings. The first-order valence-corrected chi connectivity index (χ1v) is 5.40. The van der Waals surface area contributed by atoms with E-state index in [1.54, 1.807) is 4.90 Å². The van der Waals surface area contributed by atoms with E-state index in [4.69, 9.17) is 0 Å². The van der Waals surface area contributed by atoms with Crippen molar-refractivity contribution in [1.29, 1.82) is 0 Å². The van der Waals surface area contributed by atoms with Gasteiger partial charge in [-0.25, -0.2) is 13.6 Å². The molecule has 3 nitrogen and oxygen atoms in total. The lowest BCUT2D eigenvalue weighted by Gasteiger charge is -2.23. The Labute approximate surface area is 88.0 Å². The van der Waals surface area contributed by atoms with Crippen LogP contribution in [0.3, 0.4) is 0 Å². The van der Waals surface area contributed by atoms with Gasteiger partial charge >= 0.3 is 6.03 Å². The third kappa shape index (κ3) is 2.06. The first kappa shape index (κ1) is 10.6. The molecule has 86 valence electrons. The first-order valence-electron chi connectivity index (χ1n) is 5.40. The Morgan fingerprint density at radius 3 is 2.20 bits per heavy atom. The van der Waals surface area contributed by atoms with Gasteiger partial charge in [0.25, 0.3) is 0 Å². The minimum Gasteiger partial charge on any atom is -0.324 e. The van der Waals surface area contributed by atoms with Gasteiger partial charge in [0.1, 0.15) is 0 Å². The summed E-state index contributed by atoms with van der Waals surface area (Å²) in [6.45, 7) is 3.32. The number of alkyl halides is 2. The monoisotopic (exact) mass is 218 g/mol. The topological polar surface area (TPSA) is 23.6 Å². The van der Waals surface area contributed by atoms with E-state index in [1.165, 1.54) is 4.90 Å². The summed E-state index contributed by atoms with van der Waals surface area (Å²) < 4.78 is 25.8. The molecule has 0 N–H and O–H groups in total. The molecule has 0 bridgehead atoms. The molecule has 0 aromatic heterocycles. The fourth-order valence-electron chi connectivity index (χ4n) is 2.19. The second-order valence-corrected chi connectivity index (χ2v) is 4.56. The largest absolute Gasteiger partial charge is 0.324 e. The van der Waals surface area contributed by atoms with E-state index in [0.717, 1.165) is 6.42 Å². The van der Waals surface area contributed by atoms with Gasteiger partial charge in [-0.2, -0.15) is 0 Å². The molecule has 5 heteroatoms. The van der Waals surface area contributed by atoms with Crippen LogP contribution >= 0.6 is 0 Å². The summed E-state index contributed by atoms with van der Waals surface area (Å²) in [6.07, 6.45) is -2.03. The number of urea groups is 1. The van der Waals surface area contributed by atoms with E-state index in [-0.39, 0.29) is 19.1 Å². The molecule has 0 radical (unpaired) electrons. The smallest absolute Gasteiger partial charge is 0.320 e. The highest BCUT2D eigenvalue weighted by Gasteiger charge is 2.38. The molecule has 0 spiro atoms. The van der Waals surface area contributed by atoms with Crippen molar-refractivity contribution in [3.63, 3.8) is 0 Å². The first-order chi connectivity index (χ1) is 7.08. The number of hydrogen-bond donors (Lipinski definition) is 0. The zero-order chi connectivity index (χ0) is 11.0. The summed E-state index contributed by atoms with van der Waals surface area (Å²) in [5, 5.41) is 0. The van der Waals surface area contributed by atoms with Gasteiger partial charge in [-0.3, -0.25) is 0 Å². The van der Waals surface area contributed by atoms with Crippen molar-refractivity contribution in [2.24, 2.45) is 5.92 Å². The van der Waals surface area contributed by atoms with Crippen LogP contribution in [0.4, 0.5) is 13.6 Å². The number of rotatable bonds is 0. The summed E-state index contributed by atoms with van der Waals surface area (Å²) in [4.78, 5) is 14.8. The van der Waals surface area contributed by atoms with Crippen LogP contribution in [-0.2, 0) is 0 Å². The third-order valence-corrected chi connectivity index (χ3v) is 3.15. The molecular weight excluding hydrogens is 202 g/mol. The summed E-state index contributed by atoms with van der Waals surface area (Å²) in [7, 11) is 0. The summed E-state index contributed by atoms with van der Waals surface area (Å²) in [5.41, 5.74) is 0. The lowest BCUT2D eigenvalue weighted by Crippen LogP contribution is -2.41. The summed E-state index contributed by atoms with van der Waals surface area (Å²) in [6, 6.07) is -0.206. The Morgan fingerprint density at radius 2 is 1.73 bits per heavy atom. The van der Waals surface area contributed by atoms with Crippen molar-refractivity contribution >= 4 is 6.03 Å². The molecule has 15 heavy (non-hydrogen) atoms. The molecule has 0 saturated carbocycles. The maximum atomic E-state index is 12.9. The molecule has 0 aliphatic carbocycles. The van der Waals surface area contributed by atoms with Crippen LogP contribution in [0.5, 0.6) is 0 Å². The molecule has 2 saturated heterocycles. The minimum absolute atomic E-state index is 0.0924. The molecule has 0 aromatic carbocycles. The SMILES string of the molecule is CC1CCN(C(=O)N2CC(F)C(F)C2)C1. The van der Waals surface area contributed by atoms with Crippen LogP contribution < -0.4 is 0 Å². The summed E-state index contributed by atoms with van der Waals surface area (Å²) >= 11 is 0. The second-order valence-electron chi connectivity index (χ2n) is 4.56. The highest BCUT2D eigenvalue weighted by Crippen LogP contribution is 2.21. The predicted molar refractivity (Wildman–Crippen MR) is 52.1 cm³/mol. The van der Waals surface area contributed by atoms with Crippen molar-refractivity contribution in [2.75, 3.05) is 26.2 Å². The van der Waals surface area contributed by atoms with E-state index >= 15 is 0 Å². The highest BCUT2D eigenvalue weighted by molar-refractivity contribution is 5.75. The van der Waals surface area contributed by atoms with Gasteiger partial charge in [-0.05, 0) is 12.3 Å². The van der Waals surface area contributed by atoms with Crippen LogP contribution in [0.1, 0.15) is 13.3 Å². The number of hydrogen-bond acceptors (Lipinski definition) is 1. The normalized spacial score (nSPS) is 36.3. The van der Waals surface area contributed by atoms with Gasteiger partial charge in [0, 0.05) is 13.1 Å². The quantitative estimate of drug-likeness (QED) is 0.603. The van der Waals surface area contributed by atoms with E-state index in [1.807, 2.05) is 0 Å². The molecule has 0 aromatic rings. The van der Waals surface area contributed by atoms with Crippen LogP contribution in [0.15, 0.2) is 0 Å². The molecule has 2 fully saturated rings. The van der Waals surface area contributed by atoms with Gasteiger partial charge in [0.2, 0.25) is 0 Å². The van der Waals surface area contributed by atoms with Crippen molar-refractivity contribution in [3.05, 3.63) is 0 Å². The van der Waals surface area contributed by atoms with Gasteiger partial charge in [0.05, 0.1) is 13.1 Å². The van der Waals surface area contributed by atoms with Crippen molar-refractivity contribution in [2.45, 2.75) is 25.7 Å². The fourth-order valence-corrected chi connectivity index (χ4v) is 2.19. The molecule has 3 atom stereocenters. The summed E-state index contributed by atoms with van der Waals surface area (Å²) in [5.74, 6) is 0.499. The number of halogens is 2. The molecule has 2 amide bonds. The van der Waals surface area contributed by atoms with Crippen LogP contribution in [0, 0.1) is 5.92 Å². The number of carbonyl (C=O) groups is 1. The minimum atomic E-state index is -1.51. The van der Waals surface area contributed by atoms with Crippen molar-refractivity contribution in [3.8, 4) is 0 Å². The Bertz CT molecular complexity index is 252. The average molecular weight is 218 g/mol. The Kier molecular flexibility index (Phi) is 2.80. The predicted octanol–water partition coefficient (Wildman–Crippen LogP) is 1.44. The number of amides is 2. The number of likely N-dealkylation sites (tertiary alicyclic amines) is 2. The van der Waals surface area contributed by atoms with Crippen molar-refractivity contribution < 1.29 is 13.6 Å².